The number of furan rings is 1. The van der Waals surface area contributed by atoms with Crippen LogP contribution in [0.1, 0.15) is 36.4 Å². The molecule has 1 amide bonds. The molecule has 0 saturated heterocycles. The molecule has 0 atom stereocenters. The Hall–Kier alpha value is -2.01. The maximum Gasteiger partial charge on any atom is 0.305 e. The molecule has 21 heavy (non-hydrogen) atoms. The number of amides is 1. The third kappa shape index (κ3) is 3.36. The molecule has 0 aliphatic rings. The highest BCUT2D eigenvalue weighted by atomic mass is 35.5. The Morgan fingerprint density at radius 2 is 2.05 bits per heavy atom. The molecule has 0 bridgehead atoms. The standard InChI is InChI=1S/C15H16ClNO4/c1-8-10-6-9(16)4-5-11(10)21-13(8)14(20)17-15(2,3)7-12(18)19/h4-6H,7H2,1-3H3,(H,17,20)(H,18,19). The van der Waals surface area contributed by atoms with E-state index in [0.29, 0.717) is 16.2 Å². The SMILES string of the molecule is Cc1c(C(=O)NC(C)(C)CC(=O)O)oc2ccc(Cl)cc12. The van der Waals surface area contributed by atoms with Gasteiger partial charge in [0.2, 0.25) is 0 Å². The molecule has 1 aromatic heterocycles. The number of nitrogens with one attached hydrogen (secondary N) is 1. The molecule has 5 nitrogen and oxygen atoms in total. The van der Waals surface area contributed by atoms with Crippen LogP contribution in [0.2, 0.25) is 5.02 Å². The summed E-state index contributed by atoms with van der Waals surface area (Å²) in [5.74, 6) is -1.25. The summed E-state index contributed by atoms with van der Waals surface area (Å²) in [6.07, 6.45) is -0.177. The van der Waals surface area contributed by atoms with Gasteiger partial charge in [0.15, 0.2) is 5.76 Å². The van der Waals surface area contributed by atoms with E-state index in [-0.39, 0.29) is 12.2 Å². The fourth-order valence-electron chi connectivity index (χ4n) is 2.20. The summed E-state index contributed by atoms with van der Waals surface area (Å²) in [5.41, 5.74) is 0.376. The fraction of sp³-hybridized carbons (Fsp3) is 0.333. The summed E-state index contributed by atoms with van der Waals surface area (Å²) in [6.45, 7) is 5.06. The number of rotatable bonds is 4. The first-order chi connectivity index (χ1) is 9.69. The number of carboxylic acids is 1. The Morgan fingerprint density at radius 3 is 2.67 bits per heavy atom. The van der Waals surface area contributed by atoms with Gasteiger partial charge in [-0.1, -0.05) is 11.6 Å². The molecule has 2 aromatic rings. The molecular formula is C15H16ClNO4. The van der Waals surface area contributed by atoms with Gasteiger partial charge in [0.1, 0.15) is 5.58 Å². The summed E-state index contributed by atoms with van der Waals surface area (Å²) < 4.78 is 5.55. The highest BCUT2D eigenvalue weighted by Crippen LogP contribution is 2.28. The Labute approximate surface area is 126 Å². The van der Waals surface area contributed by atoms with Crippen molar-refractivity contribution in [2.24, 2.45) is 0 Å². The lowest BCUT2D eigenvalue weighted by Gasteiger charge is -2.23. The van der Waals surface area contributed by atoms with Crippen molar-refractivity contribution in [2.45, 2.75) is 32.7 Å². The van der Waals surface area contributed by atoms with E-state index in [4.69, 9.17) is 21.1 Å². The first-order valence-electron chi connectivity index (χ1n) is 6.42. The van der Waals surface area contributed by atoms with Gasteiger partial charge in [0.05, 0.1) is 6.42 Å². The van der Waals surface area contributed by atoms with E-state index in [1.807, 2.05) is 0 Å². The van der Waals surface area contributed by atoms with Crippen LogP contribution in [-0.4, -0.2) is 22.5 Å². The van der Waals surface area contributed by atoms with E-state index in [9.17, 15) is 9.59 Å². The zero-order chi connectivity index (χ0) is 15.8. The van der Waals surface area contributed by atoms with Gasteiger partial charge in [-0.15, -0.1) is 0 Å². The van der Waals surface area contributed by atoms with Gasteiger partial charge in [-0.2, -0.15) is 0 Å². The van der Waals surface area contributed by atoms with Crippen molar-refractivity contribution in [1.29, 1.82) is 0 Å². The van der Waals surface area contributed by atoms with E-state index in [0.717, 1.165) is 5.39 Å². The van der Waals surface area contributed by atoms with Crippen LogP contribution in [0.25, 0.3) is 11.0 Å². The predicted molar refractivity (Wildman–Crippen MR) is 79.8 cm³/mol. The molecule has 0 unspecified atom stereocenters. The minimum Gasteiger partial charge on any atom is -0.481 e. The van der Waals surface area contributed by atoms with E-state index < -0.39 is 17.4 Å². The highest BCUT2D eigenvalue weighted by Gasteiger charge is 2.27. The van der Waals surface area contributed by atoms with E-state index >= 15 is 0 Å². The van der Waals surface area contributed by atoms with Crippen molar-refractivity contribution in [2.75, 3.05) is 0 Å². The lowest BCUT2D eigenvalue weighted by atomic mass is 10.0. The maximum absolute atomic E-state index is 12.3. The molecule has 2 N–H and O–H groups in total. The zero-order valence-electron chi connectivity index (χ0n) is 12.0. The lowest BCUT2D eigenvalue weighted by Crippen LogP contribution is -2.45. The molecule has 0 fully saturated rings. The summed E-state index contributed by atoms with van der Waals surface area (Å²) in [6, 6.07) is 5.11. The Bertz CT molecular complexity index is 718. The number of carbonyl (C=O) groups is 2. The largest absolute Gasteiger partial charge is 0.481 e. The number of fused-ring (bicyclic) bond motifs is 1. The average molecular weight is 310 g/mol. The Balaban J connectivity index is 2.32. The number of halogens is 1. The van der Waals surface area contributed by atoms with Crippen molar-refractivity contribution >= 4 is 34.4 Å². The van der Waals surface area contributed by atoms with E-state index in [1.165, 1.54) is 0 Å². The number of aryl methyl sites for hydroxylation is 1. The average Bonchev–Trinajstić information content (AvgIpc) is 2.64. The second-order valence-corrected chi connectivity index (χ2v) is 6.04. The molecule has 1 aromatic carbocycles. The Morgan fingerprint density at radius 1 is 1.38 bits per heavy atom. The minimum atomic E-state index is -0.978. The third-order valence-corrected chi connectivity index (χ3v) is 3.38. The topological polar surface area (TPSA) is 79.5 Å². The van der Waals surface area contributed by atoms with Crippen molar-refractivity contribution in [3.63, 3.8) is 0 Å². The van der Waals surface area contributed by atoms with Crippen LogP contribution < -0.4 is 5.32 Å². The van der Waals surface area contributed by atoms with Crippen LogP contribution in [0.5, 0.6) is 0 Å². The number of carboxylic acid groups (broad SMARTS) is 1. The second kappa shape index (κ2) is 5.41. The van der Waals surface area contributed by atoms with E-state index in [2.05, 4.69) is 5.32 Å². The molecule has 0 saturated carbocycles. The fourth-order valence-corrected chi connectivity index (χ4v) is 2.37. The van der Waals surface area contributed by atoms with Gasteiger partial charge in [-0.05, 0) is 39.0 Å². The summed E-state index contributed by atoms with van der Waals surface area (Å²) >= 11 is 5.94. The lowest BCUT2D eigenvalue weighted by molar-refractivity contribution is -0.138. The summed E-state index contributed by atoms with van der Waals surface area (Å²) in [4.78, 5) is 23.1. The van der Waals surface area contributed by atoms with E-state index in [1.54, 1.807) is 39.0 Å². The van der Waals surface area contributed by atoms with Crippen LogP contribution in [0.3, 0.4) is 0 Å². The Kier molecular flexibility index (Phi) is 3.96. The highest BCUT2D eigenvalue weighted by molar-refractivity contribution is 6.31. The van der Waals surface area contributed by atoms with Crippen LogP contribution in [0.15, 0.2) is 22.6 Å². The van der Waals surface area contributed by atoms with Crippen LogP contribution in [0.4, 0.5) is 0 Å². The molecule has 1 heterocycles. The quantitative estimate of drug-likeness (QED) is 0.907. The van der Waals surface area contributed by atoms with Gasteiger partial charge in [0, 0.05) is 21.5 Å². The van der Waals surface area contributed by atoms with Gasteiger partial charge in [0.25, 0.3) is 5.91 Å². The molecule has 0 radical (unpaired) electrons. The number of carbonyl (C=O) groups excluding carboxylic acids is 1. The van der Waals surface area contributed by atoms with Crippen molar-refractivity contribution < 1.29 is 19.1 Å². The van der Waals surface area contributed by atoms with Gasteiger partial charge >= 0.3 is 5.97 Å². The molecule has 6 heteroatoms. The van der Waals surface area contributed by atoms with Crippen LogP contribution in [0, 0.1) is 6.92 Å². The van der Waals surface area contributed by atoms with Crippen LogP contribution in [-0.2, 0) is 4.79 Å². The first-order valence-corrected chi connectivity index (χ1v) is 6.80. The first kappa shape index (κ1) is 15.4. The second-order valence-electron chi connectivity index (χ2n) is 5.61. The van der Waals surface area contributed by atoms with Gasteiger partial charge < -0.3 is 14.8 Å². The predicted octanol–water partition coefficient (Wildman–Crippen LogP) is 3.38. The van der Waals surface area contributed by atoms with Gasteiger partial charge in [-0.3, -0.25) is 9.59 Å². The molecule has 0 aliphatic heterocycles. The summed E-state index contributed by atoms with van der Waals surface area (Å²) in [7, 11) is 0. The minimum absolute atomic E-state index is 0.172. The smallest absolute Gasteiger partial charge is 0.305 e. The molecule has 2 rings (SSSR count). The van der Waals surface area contributed by atoms with Crippen molar-refractivity contribution in [3.8, 4) is 0 Å². The zero-order valence-corrected chi connectivity index (χ0v) is 12.7. The maximum atomic E-state index is 12.3. The third-order valence-electron chi connectivity index (χ3n) is 3.15. The molecular weight excluding hydrogens is 294 g/mol. The van der Waals surface area contributed by atoms with Crippen LogP contribution >= 0.6 is 11.6 Å². The van der Waals surface area contributed by atoms with Crippen molar-refractivity contribution in [3.05, 3.63) is 34.5 Å². The number of aliphatic carboxylic acids is 1. The molecule has 112 valence electrons. The molecule has 0 spiro atoms. The number of hydrogen-bond acceptors (Lipinski definition) is 3. The van der Waals surface area contributed by atoms with Gasteiger partial charge in [-0.25, -0.2) is 0 Å². The number of benzene rings is 1. The normalized spacial score (nSPS) is 11.6. The monoisotopic (exact) mass is 309 g/mol. The molecule has 0 aliphatic carbocycles. The summed E-state index contributed by atoms with van der Waals surface area (Å²) in [5, 5.41) is 12.8. The van der Waals surface area contributed by atoms with Crippen molar-refractivity contribution in [1.82, 2.24) is 5.32 Å². The number of hydrogen-bond donors (Lipinski definition) is 2.